The van der Waals surface area contributed by atoms with Crippen LogP contribution < -0.4 is 5.73 Å². The normalized spacial score (nSPS) is 11.5. The first-order chi connectivity index (χ1) is 9.02. The van der Waals surface area contributed by atoms with Crippen molar-refractivity contribution in [2.45, 2.75) is 0 Å². The van der Waals surface area contributed by atoms with Crippen molar-refractivity contribution >= 4 is 23.1 Å². The minimum absolute atomic E-state index is 0.177. The van der Waals surface area contributed by atoms with E-state index >= 15 is 0 Å². The Morgan fingerprint density at radius 3 is 2.84 bits per heavy atom. The maximum atomic E-state index is 10.7. The third-order valence-corrected chi connectivity index (χ3v) is 2.57. The highest BCUT2D eigenvalue weighted by Gasteiger charge is 2.15. The predicted molar refractivity (Wildman–Crippen MR) is 67.7 cm³/mol. The smallest absolute Gasteiger partial charge is 0.270 e. The third-order valence-electron chi connectivity index (χ3n) is 2.37. The molecule has 0 amide bonds. The Labute approximate surface area is 111 Å². The number of hydrogen-bond acceptors (Lipinski definition) is 5. The monoisotopic (exact) mass is 281 g/mol. The van der Waals surface area contributed by atoms with Gasteiger partial charge in [-0.25, -0.2) is 4.68 Å². The molecule has 2 aromatic rings. The summed E-state index contributed by atoms with van der Waals surface area (Å²) in [5, 5.41) is 26.7. The van der Waals surface area contributed by atoms with E-state index < -0.39 is 4.92 Å². The highest BCUT2D eigenvalue weighted by atomic mass is 35.5. The minimum Gasteiger partial charge on any atom is -0.409 e. The van der Waals surface area contributed by atoms with Crippen LogP contribution in [0, 0.1) is 10.1 Å². The molecule has 1 heterocycles. The van der Waals surface area contributed by atoms with Crippen LogP contribution in [0.25, 0.3) is 5.69 Å². The molecule has 0 aliphatic heterocycles. The van der Waals surface area contributed by atoms with Crippen LogP contribution in [0.2, 0.25) is 5.02 Å². The minimum atomic E-state index is -0.575. The molecule has 2 rings (SSSR count). The molecule has 0 aliphatic carbocycles. The molecule has 1 aromatic heterocycles. The molecule has 0 spiro atoms. The molecule has 0 radical (unpaired) electrons. The molecule has 0 atom stereocenters. The molecular weight excluding hydrogens is 274 g/mol. The van der Waals surface area contributed by atoms with E-state index in [0.717, 1.165) is 0 Å². The van der Waals surface area contributed by atoms with Gasteiger partial charge in [0.25, 0.3) is 5.69 Å². The van der Waals surface area contributed by atoms with Gasteiger partial charge in [0.05, 0.1) is 27.4 Å². The van der Waals surface area contributed by atoms with Gasteiger partial charge in [-0.1, -0.05) is 16.8 Å². The van der Waals surface area contributed by atoms with Gasteiger partial charge in [0.15, 0.2) is 5.84 Å². The summed E-state index contributed by atoms with van der Waals surface area (Å²) in [6, 6.07) is 3.92. The van der Waals surface area contributed by atoms with E-state index in [1.807, 2.05) is 0 Å². The highest BCUT2D eigenvalue weighted by Crippen LogP contribution is 2.21. The number of nitro groups is 1. The van der Waals surface area contributed by atoms with Crippen LogP contribution in [-0.4, -0.2) is 25.7 Å². The summed E-state index contributed by atoms with van der Waals surface area (Å²) in [6.07, 6.45) is 2.90. The fraction of sp³-hybridized carbons (Fsp3) is 0. The van der Waals surface area contributed by atoms with Gasteiger partial charge in [-0.15, -0.1) is 0 Å². The Morgan fingerprint density at radius 1 is 1.58 bits per heavy atom. The Bertz CT molecular complexity index is 667. The van der Waals surface area contributed by atoms with Gasteiger partial charge in [-0.2, -0.15) is 5.10 Å². The van der Waals surface area contributed by atoms with Gasteiger partial charge in [-0.3, -0.25) is 10.1 Å². The largest absolute Gasteiger partial charge is 0.409 e. The Kier molecular flexibility index (Phi) is 3.34. The van der Waals surface area contributed by atoms with Crippen LogP contribution in [0.15, 0.2) is 35.7 Å². The second-order valence-corrected chi connectivity index (χ2v) is 3.98. The van der Waals surface area contributed by atoms with Crippen LogP contribution in [-0.2, 0) is 0 Å². The van der Waals surface area contributed by atoms with Crippen LogP contribution in [0.1, 0.15) is 5.56 Å². The zero-order chi connectivity index (χ0) is 14.0. The standard InChI is InChI=1S/C10H8ClN5O3/c11-6-4-13-15(5-6)9-2-1-7(16(18)19)3-8(9)10(12)14-17/h1-5,17H,(H2,12,14). The number of amidine groups is 1. The first kappa shape index (κ1) is 12.8. The molecule has 0 fully saturated rings. The van der Waals surface area contributed by atoms with Gasteiger partial charge in [-0.05, 0) is 6.07 Å². The van der Waals surface area contributed by atoms with Crippen LogP contribution in [0.3, 0.4) is 0 Å². The number of nitrogens with two attached hydrogens (primary N) is 1. The molecule has 0 aliphatic rings. The van der Waals surface area contributed by atoms with Crippen molar-refractivity contribution in [3.8, 4) is 5.69 Å². The van der Waals surface area contributed by atoms with Crippen molar-refractivity contribution in [3.63, 3.8) is 0 Å². The summed E-state index contributed by atoms with van der Waals surface area (Å²) in [4.78, 5) is 10.2. The van der Waals surface area contributed by atoms with E-state index in [1.54, 1.807) is 0 Å². The van der Waals surface area contributed by atoms with Gasteiger partial charge in [0, 0.05) is 18.3 Å². The topological polar surface area (TPSA) is 120 Å². The number of benzene rings is 1. The van der Waals surface area contributed by atoms with Crippen molar-refractivity contribution in [2.24, 2.45) is 10.9 Å². The molecule has 8 nitrogen and oxygen atoms in total. The van der Waals surface area contributed by atoms with Crippen molar-refractivity contribution < 1.29 is 10.1 Å². The number of oxime groups is 1. The summed E-state index contributed by atoms with van der Waals surface area (Å²) in [5.41, 5.74) is 5.92. The fourth-order valence-electron chi connectivity index (χ4n) is 1.53. The zero-order valence-corrected chi connectivity index (χ0v) is 10.2. The van der Waals surface area contributed by atoms with E-state index in [1.165, 1.54) is 35.3 Å². The summed E-state index contributed by atoms with van der Waals surface area (Å²) in [6.45, 7) is 0. The Hall–Kier alpha value is -2.61. The van der Waals surface area contributed by atoms with E-state index in [-0.39, 0.29) is 17.1 Å². The quantitative estimate of drug-likeness (QED) is 0.291. The lowest BCUT2D eigenvalue weighted by Gasteiger charge is -2.07. The summed E-state index contributed by atoms with van der Waals surface area (Å²) in [7, 11) is 0. The molecule has 19 heavy (non-hydrogen) atoms. The fourth-order valence-corrected chi connectivity index (χ4v) is 1.67. The van der Waals surface area contributed by atoms with E-state index in [9.17, 15) is 10.1 Å². The van der Waals surface area contributed by atoms with Gasteiger partial charge in [0.1, 0.15) is 0 Å². The van der Waals surface area contributed by atoms with Crippen molar-refractivity contribution in [2.75, 3.05) is 0 Å². The Morgan fingerprint density at radius 2 is 2.32 bits per heavy atom. The molecule has 1 aromatic carbocycles. The molecule has 0 saturated carbocycles. The van der Waals surface area contributed by atoms with Crippen molar-refractivity contribution in [1.82, 2.24) is 9.78 Å². The van der Waals surface area contributed by atoms with E-state index in [2.05, 4.69) is 10.3 Å². The average Bonchev–Trinajstić information content (AvgIpc) is 2.83. The first-order valence-corrected chi connectivity index (χ1v) is 5.37. The molecule has 0 bridgehead atoms. The lowest BCUT2D eigenvalue weighted by atomic mass is 10.1. The highest BCUT2D eigenvalue weighted by molar-refractivity contribution is 6.30. The number of rotatable bonds is 3. The van der Waals surface area contributed by atoms with Crippen LogP contribution in [0.4, 0.5) is 5.69 Å². The maximum Gasteiger partial charge on any atom is 0.270 e. The van der Waals surface area contributed by atoms with Crippen molar-refractivity contribution in [1.29, 1.82) is 0 Å². The molecule has 9 heteroatoms. The first-order valence-electron chi connectivity index (χ1n) is 5.00. The summed E-state index contributed by atoms with van der Waals surface area (Å²) in [5.74, 6) is -0.259. The van der Waals surface area contributed by atoms with Gasteiger partial charge >= 0.3 is 0 Å². The molecular formula is C10H8ClN5O3. The number of hydrogen-bond donors (Lipinski definition) is 2. The summed E-state index contributed by atoms with van der Waals surface area (Å²) < 4.78 is 1.37. The summed E-state index contributed by atoms with van der Waals surface area (Å²) >= 11 is 5.76. The van der Waals surface area contributed by atoms with Crippen molar-refractivity contribution in [3.05, 3.63) is 51.3 Å². The second-order valence-electron chi connectivity index (χ2n) is 3.55. The number of nitrogens with zero attached hydrogens (tertiary/aromatic N) is 4. The molecule has 98 valence electrons. The number of aromatic nitrogens is 2. The van der Waals surface area contributed by atoms with E-state index in [0.29, 0.717) is 10.7 Å². The number of nitro benzene ring substituents is 1. The Balaban J connectivity index is 2.63. The average molecular weight is 282 g/mol. The predicted octanol–water partition coefficient (Wildman–Crippen LogP) is 1.53. The van der Waals surface area contributed by atoms with E-state index in [4.69, 9.17) is 22.5 Å². The van der Waals surface area contributed by atoms with Gasteiger partial charge < -0.3 is 10.9 Å². The maximum absolute atomic E-state index is 10.7. The number of halogens is 1. The van der Waals surface area contributed by atoms with Gasteiger partial charge in [0.2, 0.25) is 0 Å². The molecule has 0 unspecified atom stereocenters. The molecule has 3 N–H and O–H groups in total. The molecule has 0 saturated heterocycles. The zero-order valence-electron chi connectivity index (χ0n) is 9.39. The number of non-ortho nitro benzene ring substituents is 1. The second kappa shape index (κ2) is 4.94. The SMILES string of the molecule is NC(=NO)c1cc([N+](=O)[O-])ccc1-n1cc(Cl)cn1. The van der Waals surface area contributed by atoms with Crippen LogP contribution >= 0.6 is 11.6 Å². The third kappa shape index (κ3) is 2.47. The van der Waals surface area contributed by atoms with Crippen LogP contribution in [0.5, 0.6) is 0 Å². The lowest BCUT2D eigenvalue weighted by molar-refractivity contribution is -0.384. The lowest BCUT2D eigenvalue weighted by Crippen LogP contribution is -2.17.